The predicted octanol–water partition coefficient (Wildman–Crippen LogP) is 6.50. The van der Waals surface area contributed by atoms with Gasteiger partial charge in [0.2, 0.25) is 0 Å². The van der Waals surface area contributed by atoms with Gasteiger partial charge in [0.1, 0.15) is 6.10 Å². The Morgan fingerprint density at radius 3 is 1.76 bits per heavy atom. The van der Waals surface area contributed by atoms with Crippen LogP contribution in [0.5, 0.6) is 0 Å². The number of nitrogens with zero attached hydrogens (tertiary/aromatic N) is 1. The normalized spacial score (nSPS) is 14.0. The Balaban J connectivity index is 1.82. The maximum atomic E-state index is 11.8. The highest BCUT2D eigenvalue weighted by Gasteiger charge is 2.14. The number of aryl methyl sites for hydroxylation is 1. The van der Waals surface area contributed by atoms with Crippen LogP contribution in [0, 0.1) is 0 Å². The summed E-state index contributed by atoms with van der Waals surface area (Å²) in [5.74, 6) is 0. The minimum Gasteiger partial charge on any atom is -0.756 e. The molecule has 0 aliphatic heterocycles. The number of hydrogen-bond donors (Lipinski definition) is 1. The number of phosphoric acid groups is 1. The molecule has 0 saturated carbocycles. The highest BCUT2D eigenvalue weighted by Crippen LogP contribution is 2.38. The first-order valence-electron chi connectivity index (χ1n) is 14.8. The summed E-state index contributed by atoms with van der Waals surface area (Å²) in [5, 5.41) is 9.90. The zero-order chi connectivity index (χ0) is 26.9. The van der Waals surface area contributed by atoms with Gasteiger partial charge in [0.25, 0.3) is 7.82 Å². The molecule has 7 nitrogen and oxygen atoms in total. The summed E-state index contributed by atoms with van der Waals surface area (Å²) in [7, 11) is -4.42. The first-order chi connectivity index (χ1) is 18.0. The largest absolute Gasteiger partial charge is 0.756 e. The molecule has 1 aromatic rings. The van der Waals surface area contributed by atoms with Crippen molar-refractivity contribution >= 4 is 7.82 Å². The van der Waals surface area contributed by atoms with Crippen molar-refractivity contribution in [2.45, 2.75) is 129 Å². The first-order valence-corrected chi connectivity index (χ1v) is 16.3. The van der Waals surface area contributed by atoms with E-state index in [0.29, 0.717) is 19.6 Å². The Bertz CT molecular complexity index is 663. The second kappa shape index (κ2) is 24.2. The number of unbranched alkanes of at least 4 members (excludes halogenated alkanes) is 15. The van der Waals surface area contributed by atoms with Gasteiger partial charge in [-0.25, -0.2) is 4.57 Å². The van der Waals surface area contributed by atoms with Gasteiger partial charge in [-0.2, -0.15) is 0 Å². The molecule has 0 aromatic carbocycles. The molecule has 1 N–H and O–H groups in total. The van der Waals surface area contributed by atoms with Crippen LogP contribution in [-0.4, -0.2) is 37.6 Å². The van der Waals surface area contributed by atoms with Crippen molar-refractivity contribution in [1.29, 1.82) is 0 Å². The van der Waals surface area contributed by atoms with Crippen molar-refractivity contribution in [1.82, 2.24) is 0 Å². The van der Waals surface area contributed by atoms with Gasteiger partial charge in [-0.1, -0.05) is 109 Å². The van der Waals surface area contributed by atoms with Gasteiger partial charge in [0.05, 0.1) is 19.8 Å². The van der Waals surface area contributed by atoms with Crippen molar-refractivity contribution in [3.8, 4) is 0 Å². The van der Waals surface area contributed by atoms with Crippen LogP contribution in [0.1, 0.15) is 116 Å². The number of phosphoric ester groups is 1. The van der Waals surface area contributed by atoms with Crippen LogP contribution < -0.4 is 9.46 Å². The lowest BCUT2D eigenvalue weighted by Crippen LogP contribution is -2.32. The number of pyridine rings is 1. The van der Waals surface area contributed by atoms with Crippen molar-refractivity contribution in [2.75, 3.05) is 26.4 Å². The molecule has 0 radical (unpaired) electrons. The van der Waals surface area contributed by atoms with Gasteiger partial charge < -0.3 is 23.8 Å². The summed E-state index contributed by atoms with van der Waals surface area (Å²) in [5.41, 5.74) is 0. The van der Waals surface area contributed by atoms with Crippen LogP contribution in [0.4, 0.5) is 0 Å². The molecule has 1 rings (SSSR count). The quantitative estimate of drug-likeness (QED) is 0.0773. The lowest BCUT2D eigenvalue weighted by molar-refractivity contribution is -0.697. The molecule has 0 aliphatic rings. The third-order valence-electron chi connectivity index (χ3n) is 6.46. The summed E-state index contributed by atoms with van der Waals surface area (Å²) >= 11 is 0. The van der Waals surface area contributed by atoms with E-state index in [4.69, 9.17) is 13.8 Å². The van der Waals surface area contributed by atoms with Crippen LogP contribution in [0.2, 0.25) is 0 Å². The van der Waals surface area contributed by atoms with E-state index in [-0.39, 0.29) is 19.8 Å². The molecule has 1 heterocycles. The van der Waals surface area contributed by atoms with Gasteiger partial charge in [-0.15, -0.1) is 0 Å². The molecule has 37 heavy (non-hydrogen) atoms. The molecule has 0 fully saturated rings. The highest BCUT2D eigenvalue weighted by atomic mass is 31.2. The standard InChI is InChI=1S/C29H54NO6P/c1-2-3-4-5-6-7-8-9-10-11-12-13-14-15-16-20-25-34-27-29(31)28-36-37(32,33)35-26-21-24-30-22-18-17-19-23-30/h17-19,22-23,29,31H,2-16,20-21,24-28H2,1H3. The Hall–Kier alpha value is -0.820. The molecule has 2 unspecified atom stereocenters. The second-order valence-corrected chi connectivity index (χ2v) is 11.5. The molecule has 0 bridgehead atoms. The lowest BCUT2D eigenvalue weighted by atomic mass is 10.0. The highest BCUT2D eigenvalue weighted by molar-refractivity contribution is 7.45. The maximum absolute atomic E-state index is 11.8. The van der Waals surface area contributed by atoms with E-state index in [9.17, 15) is 14.6 Å². The van der Waals surface area contributed by atoms with E-state index >= 15 is 0 Å². The van der Waals surface area contributed by atoms with E-state index in [1.54, 1.807) is 0 Å². The van der Waals surface area contributed by atoms with Crippen molar-refractivity contribution in [3.05, 3.63) is 30.6 Å². The predicted molar refractivity (Wildman–Crippen MR) is 147 cm³/mol. The minimum atomic E-state index is -4.42. The Morgan fingerprint density at radius 2 is 1.22 bits per heavy atom. The number of aliphatic hydroxyl groups is 1. The number of ether oxygens (including phenoxy) is 1. The SMILES string of the molecule is CCCCCCCCCCCCCCCCCCOCC(O)COP(=O)([O-])OCCC[n+]1ccccc1. The monoisotopic (exact) mass is 543 g/mol. The Morgan fingerprint density at radius 1 is 0.703 bits per heavy atom. The van der Waals surface area contributed by atoms with E-state index in [1.165, 1.54) is 89.9 Å². The molecule has 2 atom stereocenters. The molecule has 216 valence electrons. The fraction of sp³-hybridized carbons (Fsp3) is 0.828. The van der Waals surface area contributed by atoms with Gasteiger partial charge >= 0.3 is 0 Å². The van der Waals surface area contributed by atoms with Gasteiger partial charge in [0, 0.05) is 25.2 Å². The Kier molecular flexibility index (Phi) is 22.4. The van der Waals surface area contributed by atoms with Gasteiger partial charge in [0.15, 0.2) is 18.9 Å². The molecule has 1 aromatic heterocycles. The molecule has 0 amide bonds. The summed E-state index contributed by atoms with van der Waals surface area (Å²) in [4.78, 5) is 11.8. The van der Waals surface area contributed by atoms with Gasteiger partial charge in [-0.05, 0) is 6.42 Å². The Labute approximate surface area is 226 Å². The molecular weight excluding hydrogens is 489 g/mol. The second-order valence-electron chi connectivity index (χ2n) is 10.1. The summed E-state index contributed by atoms with van der Waals surface area (Å²) in [6, 6.07) is 5.74. The first kappa shape index (κ1) is 34.2. The number of hydrogen-bond acceptors (Lipinski definition) is 6. The molecule has 0 aliphatic carbocycles. The number of aliphatic hydroxyl groups excluding tert-OH is 1. The summed E-state index contributed by atoms with van der Waals surface area (Å²) < 4.78 is 28.8. The smallest absolute Gasteiger partial charge is 0.267 e. The third-order valence-corrected chi connectivity index (χ3v) is 7.43. The van der Waals surface area contributed by atoms with Crippen molar-refractivity contribution in [2.24, 2.45) is 0 Å². The minimum absolute atomic E-state index is 0.0362. The molecule has 0 spiro atoms. The van der Waals surface area contributed by atoms with Crippen molar-refractivity contribution in [3.63, 3.8) is 0 Å². The molecular formula is C29H54NO6P. The number of aromatic nitrogens is 1. The average molecular weight is 544 g/mol. The van der Waals surface area contributed by atoms with E-state index in [0.717, 1.165) is 12.8 Å². The topological polar surface area (TPSA) is 91.9 Å². The maximum Gasteiger partial charge on any atom is 0.267 e. The molecule has 0 saturated heterocycles. The zero-order valence-corrected chi connectivity index (χ0v) is 24.3. The fourth-order valence-electron chi connectivity index (χ4n) is 4.24. The van der Waals surface area contributed by atoms with Crippen molar-refractivity contribution < 1.29 is 32.9 Å². The van der Waals surface area contributed by atoms with E-state index in [1.807, 2.05) is 35.2 Å². The van der Waals surface area contributed by atoms with Gasteiger partial charge in [-0.3, -0.25) is 4.57 Å². The van der Waals surface area contributed by atoms with Crippen LogP contribution in [0.3, 0.4) is 0 Å². The summed E-state index contributed by atoms with van der Waals surface area (Å²) in [6.07, 6.45) is 24.5. The number of rotatable bonds is 27. The summed E-state index contributed by atoms with van der Waals surface area (Å²) in [6.45, 7) is 3.23. The van der Waals surface area contributed by atoms with Crippen LogP contribution >= 0.6 is 7.82 Å². The zero-order valence-electron chi connectivity index (χ0n) is 23.4. The van der Waals surface area contributed by atoms with Crippen LogP contribution in [-0.2, 0) is 24.9 Å². The van der Waals surface area contributed by atoms with Crippen LogP contribution in [0.25, 0.3) is 0 Å². The fourth-order valence-corrected chi connectivity index (χ4v) is 5.02. The van der Waals surface area contributed by atoms with E-state index < -0.39 is 13.9 Å². The third kappa shape index (κ3) is 22.8. The van der Waals surface area contributed by atoms with E-state index in [2.05, 4.69) is 6.92 Å². The lowest BCUT2D eigenvalue weighted by Gasteiger charge is -2.23. The van der Waals surface area contributed by atoms with Crippen LogP contribution in [0.15, 0.2) is 30.6 Å². The average Bonchev–Trinajstić information content (AvgIpc) is 2.90. The molecule has 8 heteroatoms.